The summed E-state index contributed by atoms with van der Waals surface area (Å²) in [7, 11) is 2.96. The predicted octanol–water partition coefficient (Wildman–Crippen LogP) is 0.456. The molecule has 0 spiro atoms. The molecule has 120 valence electrons. The van der Waals surface area contributed by atoms with Crippen LogP contribution in [0.3, 0.4) is 0 Å². The van der Waals surface area contributed by atoms with Gasteiger partial charge in [0.15, 0.2) is 0 Å². The van der Waals surface area contributed by atoms with Crippen molar-refractivity contribution >= 4 is 12.0 Å². The van der Waals surface area contributed by atoms with Gasteiger partial charge in [0.05, 0.1) is 5.56 Å². The predicted molar refractivity (Wildman–Crippen MR) is 89.1 cm³/mol. The van der Waals surface area contributed by atoms with Gasteiger partial charge in [-0.15, -0.1) is 0 Å². The van der Waals surface area contributed by atoms with Gasteiger partial charge in [-0.2, -0.15) is 0 Å². The van der Waals surface area contributed by atoms with Crippen molar-refractivity contribution in [1.29, 1.82) is 0 Å². The van der Waals surface area contributed by atoms with Gasteiger partial charge < -0.3 is 9.88 Å². The number of amides is 1. The Kier molecular flexibility index (Phi) is 5.30. The highest BCUT2D eigenvalue weighted by molar-refractivity contribution is 5.91. The SMILES string of the molecule is Cn1cc(/C=C/C(=O)NCCc2ccccc2)c(=O)n(C)c1=O. The molecule has 0 atom stereocenters. The first-order chi connectivity index (χ1) is 11.0. The molecule has 2 aromatic rings. The maximum Gasteiger partial charge on any atom is 0.330 e. The Bertz CT molecular complexity index is 832. The molecule has 0 fully saturated rings. The van der Waals surface area contributed by atoms with Crippen molar-refractivity contribution in [2.45, 2.75) is 6.42 Å². The van der Waals surface area contributed by atoms with Crippen LogP contribution < -0.4 is 16.6 Å². The number of aryl methyl sites for hydroxylation is 1. The molecular weight excluding hydrogens is 294 g/mol. The molecule has 23 heavy (non-hydrogen) atoms. The maximum absolute atomic E-state index is 11.9. The lowest BCUT2D eigenvalue weighted by molar-refractivity contribution is -0.116. The van der Waals surface area contributed by atoms with E-state index < -0.39 is 11.2 Å². The second kappa shape index (κ2) is 7.40. The Balaban J connectivity index is 1.97. The first-order valence-electron chi connectivity index (χ1n) is 7.25. The Hall–Kier alpha value is -2.89. The first kappa shape index (κ1) is 16.5. The topological polar surface area (TPSA) is 73.1 Å². The molecule has 1 heterocycles. The number of hydrogen-bond acceptors (Lipinski definition) is 3. The summed E-state index contributed by atoms with van der Waals surface area (Å²) in [5, 5.41) is 2.76. The van der Waals surface area contributed by atoms with Gasteiger partial charge in [0.2, 0.25) is 5.91 Å². The highest BCUT2D eigenvalue weighted by Crippen LogP contribution is 1.98. The molecule has 0 radical (unpaired) electrons. The van der Waals surface area contributed by atoms with Crippen LogP contribution in [0.5, 0.6) is 0 Å². The van der Waals surface area contributed by atoms with E-state index in [1.165, 1.54) is 30.0 Å². The summed E-state index contributed by atoms with van der Waals surface area (Å²) in [4.78, 5) is 35.3. The zero-order chi connectivity index (χ0) is 16.8. The molecule has 1 amide bonds. The average molecular weight is 313 g/mol. The van der Waals surface area contributed by atoms with Crippen LogP contribution in [0.4, 0.5) is 0 Å². The van der Waals surface area contributed by atoms with E-state index in [4.69, 9.17) is 0 Å². The Morgan fingerprint density at radius 1 is 1.17 bits per heavy atom. The number of benzene rings is 1. The molecule has 1 aromatic carbocycles. The normalized spacial score (nSPS) is 10.9. The van der Waals surface area contributed by atoms with E-state index in [2.05, 4.69) is 5.32 Å². The molecule has 6 nitrogen and oxygen atoms in total. The molecule has 0 saturated carbocycles. The van der Waals surface area contributed by atoms with E-state index in [1.54, 1.807) is 7.05 Å². The molecule has 6 heteroatoms. The number of nitrogens with one attached hydrogen (secondary N) is 1. The second-order valence-corrected chi connectivity index (χ2v) is 5.20. The van der Waals surface area contributed by atoms with Crippen LogP contribution in [0.15, 0.2) is 52.2 Å². The van der Waals surface area contributed by atoms with Gasteiger partial charge in [-0.25, -0.2) is 4.79 Å². The molecule has 2 rings (SSSR count). The lowest BCUT2D eigenvalue weighted by Gasteiger charge is -2.04. The van der Waals surface area contributed by atoms with E-state index in [-0.39, 0.29) is 11.5 Å². The zero-order valence-corrected chi connectivity index (χ0v) is 13.2. The van der Waals surface area contributed by atoms with Crippen LogP contribution in [0.25, 0.3) is 6.08 Å². The summed E-state index contributed by atoms with van der Waals surface area (Å²) in [5.74, 6) is -0.281. The fraction of sp³-hybridized carbons (Fsp3) is 0.235. The smallest absolute Gasteiger partial charge is 0.330 e. The molecule has 0 aliphatic heterocycles. The van der Waals surface area contributed by atoms with Gasteiger partial charge in [-0.05, 0) is 18.1 Å². The van der Waals surface area contributed by atoms with Crippen LogP contribution in [-0.2, 0) is 25.3 Å². The monoisotopic (exact) mass is 313 g/mol. The number of aromatic nitrogens is 2. The number of hydrogen-bond donors (Lipinski definition) is 1. The standard InChI is InChI=1S/C17H19N3O3/c1-19-12-14(16(22)20(2)17(19)23)8-9-15(21)18-11-10-13-6-4-3-5-7-13/h3-9,12H,10-11H2,1-2H3,(H,18,21)/b9-8+. The zero-order valence-electron chi connectivity index (χ0n) is 13.2. The van der Waals surface area contributed by atoms with Crippen molar-refractivity contribution in [3.05, 3.63) is 74.6 Å². The summed E-state index contributed by atoms with van der Waals surface area (Å²) in [5.41, 5.74) is 0.595. The van der Waals surface area contributed by atoms with Crippen LogP contribution >= 0.6 is 0 Å². The quantitative estimate of drug-likeness (QED) is 0.815. The fourth-order valence-electron chi connectivity index (χ4n) is 2.15. The minimum Gasteiger partial charge on any atom is -0.352 e. The third-order valence-electron chi connectivity index (χ3n) is 3.44. The summed E-state index contributed by atoms with van der Waals surface area (Å²) in [6.45, 7) is 0.512. The number of carbonyl (C=O) groups is 1. The Morgan fingerprint density at radius 2 is 1.87 bits per heavy atom. The van der Waals surface area contributed by atoms with Gasteiger partial charge in [0.25, 0.3) is 5.56 Å². The van der Waals surface area contributed by atoms with Gasteiger partial charge in [-0.1, -0.05) is 30.3 Å². The van der Waals surface area contributed by atoms with Crippen LogP contribution in [0, 0.1) is 0 Å². The van der Waals surface area contributed by atoms with Gasteiger partial charge >= 0.3 is 5.69 Å². The fourth-order valence-corrected chi connectivity index (χ4v) is 2.15. The molecule has 0 saturated heterocycles. The van der Waals surface area contributed by atoms with Crippen molar-refractivity contribution in [3.63, 3.8) is 0 Å². The summed E-state index contributed by atoms with van der Waals surface area (Å²) in [6.07, 6.45) is 4.87. The third-order valence-corrected chi connectivity index (χ3v) is 3.44. The third kappa shape index (κ3) is 4.29. The van der Waals surface area contributed by atoms with E-state index in [0.29, 0.717) is 6.54 Å². The van der Waals surface area contributed by atoms with Gasteiger partial charge in [-0.3, -0.25) is 14.2 Å². The van der Waals surface area contributed by atoms with Gasteiger partial charge in [0, 0.05) is 32.9 Å². The molecule has 0 bridgehead atoms. The molecule has 1 aromatic heterocycles. The molecule has 1 N–H and O–H groups in total. The summed E-state index contributed by atoms with van der Waals surface area (Å²) >= 11 is 0. The van der Waals surface area contributed by atoms with Crippen molar-refractivity contribution in [2.24, 2.45) is 14.1 Å². The minimum atomic E-state index is -0.429. The van der Waals surface area contributed by atoms with E-state index >= 15 is 0 Å². The minimum absolute atomic E-state index is 0.281. The lowest BCUT2D eigenvalue weighted by Crippen LogP contribution is -2.37. The highest BCUT2D eigenvalue weighted by Gasteiger charge is 2.04. The van der Waals surface area contributed by atoms with Crippen molar-refractivity contribution < 1.29 is 4.79 Å². The van der Waals surface area contributed by atoms with Crippen molar-refractivity contribution in [2.75, 3.05) is 6.54 Å². The molecular formula is C17H19N3O3. The van der Waals surface area contributed by atoms with Crippen molar-refractivity contribution in [1.82, 2.24) is 14.5 Å². The number of rotatable bonds is 5. The lowest BCUT2D eigenvalue weighted by atomic mass is 10.1. The molecule has 0 aliphatic carbocycles. The first-order valence-corrected chi connectivity index (χ1v) is 7.25. The van der Waals surface area contributed by atoms with Crippen LogP contribution in [0.1, 0.15) is 11.1 Å². The summed E-state index contributed by atoms with van der Waals surface area (Å²) in [6, 6.07) is 9.84. The Labute approximate surface area is 133 Å². The second-order valence-electron chi connectivity index (χ2n) is 5.20. The van der Waals surface area contributed by atoms with Gasteiger partial charge in [0.1, 0.15) is 0 Å². The van der Waals surface area contributed by atoms with Crippen LogP contribution in [-0.4, -0.2) is 21.6 Å². The van der Waals surface area contributed by atoms with Crippen molar-refractivity contribution in [3.8, 4) is 0 Å². The average Bonchev–Trinajstić information content (AvgIpc) is 2.56. The number of nitrogens with zero attached hydrogens (tertiary/aromatic N) is 2. The van der Waals surface area contributed by atoms with E-state index in [0.717, 1.165) is 16.6 Å². The number of carbonyl (C=O) groups excluding carboxylic acids is 1. The van der Waals surface area contributed by atoms with E-state index in [9.17, 15) is 14.4 Å². The van der Waals surface area contributed by atoms with Crippen LogP contribution in [0.2, 0.25) is 0 Å². The molecule has 0 unspecified atom stereocenters. The molecule has 0 aliphatic rings. The maximum atomic E-state index is 11.9. The van der Waals surface area contributed by atoms with E-state index in [1.807, 2.05) is 30.3 Å². The largest absolute Gasteiger partial charge is 0.352 e. The summed E-state index contributed by atoms with van der Waals surface area (Å²) < 4.78 is 2.31. The highest BCUT2D eigenvalue weighted by atomic mass is 16.2. The Morgan fingerprint density at radius 3 is 2.57 bits per heavy atom.